The van der Waals surface area contributed by atoms with Crippen LogP contribution in [0, 0.1) is 0 Å². The summed E-state index contributed by atoms with van der Waals surface area (Å²) in [6, 6.07) is 4.21. The van der Waals surface area contributed by atoms with Crippen LogP contribution in [-0.2, 0) is 5.41 Å². The van der Waals surface area contributed by atoms with Crippen LogP contribution in [0.3, 0.4) is 0 Å². The van der Waals surface area contributed by atoms with Crippen molar-refractivity contribution < 1.29 is 0 Å². The molecule has 16 heavy (non-hydrogen) atoms. The summed E-state index contributed by atoms with van der Waals surface area (Å²) in [5.41, 5.74) is 0.0705. The fourth-order valence-corrected chi connectivity index (χ4v) is 2.87. The lowest BCUT2D eigenvalue weighted by molar-refractivity contribution is 0.568. The zero-order chi connectivity index (χ0) is 11.6. The summed E-state index contributed by atoms with van der Waals surface area (Å²) in [6.07, 6.45) is 0. The van der Waals surface area contributed by atoms with Crippen molar-refractivity contribution in [3.8, 4) is 0 Å². The van der Waals surface area contributed by atoms with Gasteiger partial charge in [0.25, 0.3) is 0 Å². The molecule has 6 heteroatoms. The predicted molar refractivity (Wildman–Crippen MR) is 70.8 cm³/mol. The fraction of sp³-hybridized carbons (Fsp3) is 0.400. The van der Waals surface area contributed by atoms with Crippen molar-refractivity contribution in [2.24, 2.45) is 0 Å². The van der Waals surface area contributed by atoms with Gasteiger partial charge in [0, 0.05) is 16.8 Å². The first kappa shape index (κ1) is 11.8. The minimum atomic E-state index is 0.0705. The number of thiophene rings is 1. The average Bonchev–Trinajstić information content (AvgIpc) is 2.85. The van der Waals surface area contributed by atoms with Gasteiger partial charge in [-0.3, -0.25) is 0 Å². The quantitative estimate of drug-likeness (QED) is 0.924. The minimum absolute atomic E-state index is 0.0705. The summed E-state index contributed by atoms with van der Waals surface area (Å²) >= 11 is 8.76. The second kappa shape index (κ2) is 4.69. The maximum Gasteiger partial charge on any atom is 0.186 e. The van der Waals surface area contributed by atoms with Crippen LogP contribution in [0.4, 0.5) is 5.82 Å². The van der Waals surface area contributed by atoms with Crippen LogP contribution in [0.15, 0.2) is 17.5 Å². The monoisotopic (exact) mass is 273 g/mol. The van der Waals surface area contributed by atoms with Gasteiger partial charge in [0.1, 0.15) is 0 Å². The Morgan fingerprint density at radius 2 is 2.25 bits per heavy atom. The third-order valence-electron chi connectivity index (χ3n) is 2.33. The van der Waals surface area contributed by atoms with E-state index >= 15 is 0 Å². The molecule has 0 aromatic carbocycles. The van der Waals surface area contributed by atoms with Gasteiger partial charge in [0.2, 0.25) is 0 Å². The van der Waals surface area contributed by atoms with Crippen molar-refractivity contribution >= 4 is 40.5 Å². The molecule has 0 fully saturated rings. The number of anilines is 1. The second-order valence-corrected chi connectivity index (χ2v) is 5.95. The van der Waals surface area contributed by atoms with Gasteiger partial charge in [-0.15, -0.1) is 11.3 Å². The van der Waals surface area contributed by atoms with E-state index in [1.165, 1.54) is 4.88 Å². The summed E-state index contributed by atoms with van der Waals surface area (Å²) < 4.78 is 8.01. The van der Waals surface area contributed by atoms with Crippen LogP contribution < -0.4 is 5.32 Å². The number of nitrogens with one attached hydrogen (secondary N) is 1. The summed E-state index contributed by atoms with van der Waals surface area (Å²) in [7, 11) is 0. The topological polar surface area (TPSA) is 37.8 Å². The van der Waals surface area contributed by atoms with Crippen LogP contribution >= 0.6 is 34.7 Å². The highest BCUT2D eigenvalue weighted by molar-refractivity contribution is 7.10. The summed E-state index contributed by atoms with van der Waals surface area (Å²) in [4.78, 5) is 1.35. The average molecular weight is 274 g/mol. The zero-order valence-corrected chi connectivity index (χ0v) is 11.4. The molecule has 2 aromatic rings. The minimum Gasteiger partial charge on any atom is -0.366 e. The number of rotatable bonds is 4. The molecule has 0 aliphatic rings. The van der Waals surface area contributed by atoms with Gasteiger partial charge in [0.05, 0.1) is 11.7 Å². The van der Waals surface area contributed by atoms with Gasteiger partial charge in [-0.05, 0) is 11.4 Å². The molecule has 0 saturated carbocycles. The number of aromatic nitrogens is 2. The summed E-state index contributed by atoms with van der Waals surface area (Å²) in [5, 5.41) is 5.78. The molecule has 3 nitrogen and oxygen atoms in total. The Morgan fingerprint density at radius 3 is 2.81 bits per heavy atom. The molecule has 2 rings (SSSR count). The molecule has 0 bridgehead atoms. The van der Waals surface area contributed by atoms with Crippen LogP contribution in [0.5, 0.6) is 0 Å². The molecule has 0 radical (unpaired) electrons. The van der Waals surface area contributed by atoms with Crippen molar-refractivity contribution in [1.29, 1.82) is 0 Å². The molecule has 0 unspecified atom stereocenters. The first-order chi connectivity index (χ1) is 7.59. The van der Waals surface area contributed by atoms with E-state index in [0.717, 1.165) is 18.3 Å². The van der Waals surface area contributed by atoms with Gasteiger partial charge in [-0.1, -0.05) is 31.5 Å². The SMILES string of the molecule is CC(C)(CNc1nsnc1Cl)c1cccs1. The Balaban J connectivity index is 2.03. The first-order valence-electron chi connectivity index (χ1n) is 4.85. The summed E-state index contributed by atoms with van der Waals surface area (Å²) in [6.45, 7) is 5.18. The molecular weight excluding hydrogens is 262 g/mol. The Labute approximate surface area is 108 Å². The molecule has 0 atom stereocenters. The Bertz CT molecular complexity index is 450. The molecule has 0 aliphatic carbocycles. The largest absolute Gasteiger partial charge is 0.366 e. The fourth-order valence-electron chi connectivity index (χ4n) is 1.34. The van der Waals surface area contributed by atoms with E-state index in [0.29, 0.717) is 11.0 Å². The van der Waals surface area contributed by atoms with Gasteiger partial charge >= 0.3 is 0 Å². The molecular formula is C10H12ClN3S2. The van der Waals surface area contributed by atoms with E-state index in [4.69, 9.17) is 11.6 Å². The first-order valence-corrected chi connectivity index (χ1v) is 6.84. The Hall–Kier alpha value is -0.650. The lowest BCUT2D eigenvalue weighted by atomic mass is 9.91. The van der Waals surface area contributed by atoms with Crippen LogP contribution in [0.25, 0.3) is 0 Å². The molecule has 1 N–H and O–H groups in total. The van der Waals surface area contributed by atoms with Crippen molar-refractivity contribution in [1.82, 2.24) is 8.75 Å². The van der Waals surface area contributed by atoms with E-state index < -0.39 is 0 Å². The standard InChI is InChI=1S/C10H12ClN3S2/c1-10(2,7-4-3-5-15-7)6-12-9-8(11)13-16-14-9/h3-5H,6H2,1-2H3,(H,12,14). The van der Waals surface area contributed by atoms with Crippen molar-refractivity contribution in [2.45, 2.75) is 19.3 Å². The molecule has 0 amide bonds. The normalized spacial score (nSPS) is 11.7. The van der Waals surface area contributed by atoms with Gasteiger partial charge < -0.3 is 5.32 Å². The van der Waals surface area contributed by atoms with Crippen LogP contribution in [0.2, 0.25) is 5.15 Å². The van der Waals surface area contributed by atoms with E-state index in [1.54, 1.807) is 11.3 Å². The van der Waals surface area contributed by atoms with Crippen molar-refractivity contribution in [2.75, 3.05) is 11.9 Å². The van der Waals surface area contributed by atoms with E-state index in [2.05, 4.69) is 45.4 Å². The number of halogens is 1. The highest BCUT2D eigenvalue weighted by Crippen LogP contribution is 2.28. The maximum absolute atomic E-state index is 5.87. The Kier molecular flexibility index (Phi) is 3.47. The number of nitrogens with zero attached hydrogens (tertiary/aromatic N) is 2. The van der Waals surface area contributed by atoms with Crippen molar-refractivity contribution in [3.63, 3.8) is 0 Å². The number of hydrogen-bond donors (Lipinski definition) is 1. The van der Waals surface area contributed by atoms with Gasteiger partial charge in [-0.25, -0.2) is 0 Å². The Morgan fingerprint density at radius 1 is 1.44 bits per heavy atom. The van der Waals surface area contributed by atoms with E-state index in [9.17, 15) is 0 Å². The highest BCUT2D eigenvalue weighted by atomic mass is 35.5. The second-order valence-electron chi connectivity index (χ2n) is 4.12. The summed E-state index contributed by atoms with van der Waals surface area (Å²) in [5.74, 6) is 0.677. The third kappa shape index (κ3) is 2.53. The lowest BCUT2D eigenvalue weighted by Crippen LogP contribution is -2.26. The lowest BCUT2D eigenvalue weighted by Gasteiger charge is -2.23. The molecule has 0 spiro atoms. The molecule has 2 aromatic heterocycles. The van der Waals surface area contributed by atoms with Gasteiger partial charge in [-0.2, -0.15) is 8.75 Å². The predicted octanol–water partition coefficient (Wildman–Crippen LogP) is 3.64. The van der Waals surface area contributed by atoms with E-state index in [-0.39, 0.29) is 5.41 Å². The van der Waals surface area contributed by atoms with Gasteiger partial charge in [0.15, 0.2) is 11.0 Å². The molecule has 0 aliphatic heterocycles. The van der Waals surface area contributed by atoms with E-state index in [1.807, 2.05) is 0 Å². The molecule has 2 heterocycles. The highest BCUT2D eigenvalue weighted by Gasteiger charge is 2.22. The number of hydrogen-bond acceptors (Lipinski definition) is 5. The zero-order valence-electron chi connectivity index (χ0n) is 9.03. The molecule has 0 saturated heterocycles. The third-order valence-corrected chi connectivity index (χ3v) is 4.46. The molecule has 86 valence electrons. The van der Waals surface area contributed by atoms with Crippen molar-refractivity contribution in [3.05, 3.63) is 27.5 Å². The van der Waals surface area contributed by atoms with Crippen LogP contribution in [0.1, 0.15) is 18.7 Å². The van der Waals surface area contributed by atoms with Crippen LogP contribution in [-0.4, -0.2) is 15.3 Å². The maximum atomic E-state index is 5.87. The smallest absolute Gasteiger partial charge is 0.186 e.